The van der Waals surface area contributed by atoms with Crippen LogP contribution in [-0.4, -0.2) is 38.6 Å². The third kappa shape index (κ3) is 4.92. The molecule has 0 saturated heterocycles. The number of primary amides is 1. The number of aromatic nitrogens is 3. The van der Waals surface area contributed by atoms with Crippen LogP contribution in [0.2, 0.25) is 5.02 Å². The molecule has 1 aromatic heterocycles. The van der Waals surface area contributed by atoms with Gasteiger partial charge in [-0.05, 0) is 50.2 Å². The van der Waals surface area contributed by atoms with Gasteiger partial charge in [-0.3, -0.25) is 14.7 Å². The molecule has 10 heteroatoms. The maximum absolute atomic E-state index is 12.1. The van der Waals surface area contributed by atoms with Crippen molar-refractivity contribution in [2.75, 3.05) is 6.61 Å². The lowest BCUT2D eigenvalue weighted by Crippen LogP contribution is -2.39. The maximum Gasteiger partial charge on any atom is 0.318 e. The third-order valence-corrected chi connectivity index (χ3v) is 5.42. The molecule has 0 radical (unpaired) electrons. The minimum absolute atomic E-state index is 0.459. The summed E-state index contributed by atoms with van der Waals surface area (Å²) in [6.07, 6.45) is 0. The molecule has 0 aliphatic carbocycles. The summed E-state index contributed by atoms with van der Waals surface area (Å²) in [6, 6.07) is 13.8. The van der Waals surface area contributed by atoms with E-state index in [1.165, 1.54) is 0 Å². The summed E-state index contributed by atoms with van der Waals surface area (Å²) in [5.74, 6) is 0.736. The molecule has 2 aromatic carbocycles. The van der Waals surface area contributed by atoms with E-state index in [2.05, 4.69) is 15.5 Å². The number of halogens is 1. The molecule has 0 fully saturated rings. The van der Waals surface area contributed by atoms with Crippen LogP contribution in [0.15, 0.2) is 53.7 Å². The zero-order valence-corrected chi connectivity index (χ0v) is 17.9. The predicted molar refractivity (Wildman–Crippen MR) is 116 cm³/mol. The van der Waals surface area contributed by atoms with Gasteiger partial charge < -0.3 is 10.5 Å². The Morgan fingerprint density at radius 3 is 2.53 bits per heavy atom. The second-order valence-electron chi connectivity index (χ2n) is 6.16. The van der Waals surface area contributed by atoms with Crippen molar-refractivity contribution in [2.24, 2.45) is 5.73 Å². The van der Waals surface area contributed by atoms with Crippen molar-refractivity contribution in [3.05, 3.63) is 53.6 Å². The summed E-state index contributed by atoms with van der Waals surface area (Å²) >= 11 is 7.53. The molecule has 0 saturated carbocycles. The average molecular weight is 446 g/mol. The van der Waals surface area contributed by atoms with Gasteiger partial charge in [0.15, 0.2) is 11.0 Å². The standard InChI is InChI=1S/C20H20ClN5O3S/c1-3-29-14-10-8-13(9-11-14)26-17(15-6-4-5-7-16(15)21)24-25-20(26)30-12(2)18(27)23-19(22)28/h4-12H,3H2,1-2H3,(H3,22,23,27,28)/t12-/m0/s1. The van der Waals surface area contributed by atoms with Crippen molar-refractivity contribution in [1.29, 1.82) is 0 Å². The van der Waals surface area contributed by atoms with Gasteiger partial charge in [-0.15, -0.1) is 10.2 Å². The Labute approximate surface area is 182 Å². The van der Waals surface area contributed by atoms with Gasteiger partial charge in [0.05, 0.1) is 16.9 Å². The number of nitrogens with two attached hydrogens (primary N) is 1. The van der Waals surface area contributed by atoms with Gasteiger partial charge in [-0.2, -0.15) is 0 Å². The van der Waals surface area contributed by atoms with Crippen molar-refractivity contribution in [3.8, 4) is 22.8 Å². The normalized spacial score (nSPS) is 11.7. The van der Waals surface area contributed by atoms with Gasteiger partial charge in [0, 0.05) is 11.3 Å². The Morgan fingerprint density at radius 1 is 1.20 bits per heavy atom. The fourth-order valence-corrected chi connectivity index (χ4v) is 3.78. The van der Waals surface area contributed by atoms with E-state index < -0.39 is 17.2 Å². The molecule has 3 rings (SSSR count). The average Bonchev–Trinajstić information content (AvgIpc) is 3.12. The van der Waals surface area contributed by atoms with Crippen LogP contribution in [0.5, 0.6) is 5.75 Å². The molecule has 1 atom stereocenters. The second-order valence-corrected chi connectivity index (χ2v) is 7.88. The van der Waals surface area contributed by atoms with Crippen molar-refractivity contribution < 1.29 is 14.3 Å². The zero-order chi connectivity index (χ0) is 21.7. The van der Waals surface area contributed by atoms with E-state index in [-0.39, 0.29) is 0 Å². The number of amides is 3. The van der Waals surface area contributed by atoms with E-state index >= 15 is 0 Å². The van der Waals surface area contributed by atoms with E-state index in [0.29, 0.717) is 28.2 Å². The largest absolute Gasteiger partial charge is 0.494 e. The summed E-state index contributed by atoms with van der Waals surface area (Å²) in [5, 5.41) is 11.0. The van der Waals surface area contributed by atoms with Crippen molar-refractivity contribution in [2.45, 2.75) is 24.3 Å². The van der Waals surface area contributed by atoms with E-state index in [1.807, 2.05) is 49.4 Å². The number of nitrogens with zero attached hydrogens (tertiary/aromatic N) is 3. The van der Waals surface area contributed by atoms with Gasteiger partial charge in [-0.1, -0.05) is 35.5 Å². The first kappa shape index (κ1) is 21.7. The Balaban J connectivity index is 2.04. The molecule has 8 nitrogen and oxygen atoms in total. The molecule has 156 valence electrons. The number of ether oxygens (including phenoxy) is 1. The highest BCUT2D eigenvalue weighted by Crippen LogP contribution is 2.33. The van der Waals surface area contributed by atoms with Crippen LogP contribution in [0.1, 0.15) is 13.8 Å². The minimum atomic E-state index is -0.905. The Morgan fingerprint density at radius 2 is 1.90 bits per heavy atom. The first-order valence-electron chi connectivity index (χ1n) is 9.11. The number of benzene rings is 2. The molecule has 3 amide bonds. The zero-order valence-electron chi connectivity index (χ0n) is 16.3. The highest BCUT2D eigenvalue weighted by atomic mass is 35.5. The molecule has 30 heavy (non-hydrogen) atoms. The van der Waals surface area contributed by atoms with Crippen molar-refractivity contribution >= 4 is 35.3 Å². The van der Waals surface area contributed by atoms with E-state index in [4.69, 9.17) is 22.1 Å². The van der Waals surface area contributed by atoms with Gasteiger partial charge >= 0.3 is 6.03 Å². The number of imide groups is 1. The number of nitrogens with one attached hydrogen (secondary N) is 1. The van der Waals surface area contributed by atoms with E-state index in [0.717, 1.165) is 23.2 Å². The highest BCUT2D eigenvalue weighted by molar-refractivity contribution is 8.00. The van der Waals surface area contributed by atoms with Crippen molar-refractivity contribution in [3.63, 3.8) is 0 Å². The third-order valence-electron chi connectivity index (χ3n) is 4.05. The number of carbonyl (C=O) groups is 2. The summed E-state index contributed by atoms with van der Waals surface area (Å²) in [4.78, 5) is 23.1. The van der Waals surface area contributed by atoms with Crippen LogP contribution in [0.4, 0.5) is 4.79 Å². The van der Waals surface area contributed by atoms with Gasteiger partial charge in [0.1, 0.15) is 5.75 Å². The number of hydrogen-bond acceptors (Lipinski definition) is 6. The molecular weight excluding hydrogens is 426 g/mol. The lowest BCUT2D eigenvalue weighted by Gasteiger charge is -2.14. The van der Waals surface area contributed by atoms with Gasteiger partial charge in [0.2, 0.25) is 5.91 Å². The first-order valence-corrected chi connectivity index (χ1v) is 10.4. The SMILES string of the molecule is CCOc1ccc(-n2c(S[C@@H](C)C(=O)NC(N)=O)nnc2-c2ccccc2Cl)cc1. The number of thioether (sulfide) groups is 1. The molecular formula is C20H20ClN5O3S. The Hall–Kier alpha value is -3.04. The van der Waals surface area contributed by atoms with E-state index in [9.17, 15) is 9.59 Å². The quantitative estimate of drug-likeness (QED) is 0.536. The monoisotopic (exact) mass is 445 g/mol. The molecule has 1 heterocycles. The summed E-state index contributed by atoms with van der Waals surface area (Å²) in [6.45, 7) is 4.12. The lowest BCUT2D eigenvalue weighted by atomic mass is 10.2. The molecule has 0 unspecified atom stereocenters. The summed E-state index contributed by atoms with van der Waals surface area (Å²) in [5.41, 5.74) is 6.50. The number of urea groups is 1. The molecule has 3 N–H and O–H groups in total. The molecule has 0 aliphatic rings. The van der Waals surface area contributed by atoms with Gasteiger partial charge in [0.25, 0.3) is 0 Å². The van der Waals surface area contributed by atoms with Crippen LogP contribution < -0.4 is 15.8 Å². The summed E-state index contributed by atoms with van der Waals surface area (Å²) in [7, 11) is 0. The van der Waals surface area contributed by atoms with Crippen molar-refractivity contribution in [1.82, 2.24) is 20.1 Å². The number of carbonyl (C=O) groups excluding carboxylic acids is 2. The van der Waals surface area contributed by atoms with Crippen LogP contribution in [0, 0.1) is 0 Å². The second kappa shape index (κ2) is 9.64. The van der Waals surface area contributed by atoms with Crippen LogP contribution in [-0.2, 0) is 4.79 Å². The highest BCUT2D eigenvalue weighted by Gasteiger charge is 2.23. The molecule has 3 aromatic rings. The molecule has 0 bridgehead atoms. The topological polar surface area (TPSA) is 112 Å². The van der Waals surface area contributed by atoms with E-state index in [1.54, 1.807) is 17.6 Å². The smallest absolute Gasteiger partial charge is 0.318 e. The van der Waals surface area contributed by atoms with Crippen LogP contribution >= 0.6 is 23.4 Å². The maximum atomic E-state index is 12.1. The predicted octanol–water partition coefficient (Wildman–Crippen LogP) is 3.66. The first-order chi connectivity index (χ1) is 14.4. The number of rotatable bonds is 7. The molecule has 0 aliphatic heterocycles. The van der Waals surface area contributed by atoms with Crippen LogP contribution in [0.3, 0.4) is 0 Å². The molecule has 0 spiro atoms. The summed E-state index contributed by atoms with van der Waals surface area (Å²) < 4.78 is 7.31. The Kier molecular flexibility index (Phi) is 6.96. The minimum Gasteiger partial charge on any atom is -0.494 e. The Bertz CT molecular complexity index is 1050. The fraction of sp³-hybridized carbons (Fsp3) is 0.200. The van der Waals surface area contributed by atoms with Crippen LogP contribution in [0.25, 0.3) is 17.1 Å². The van der Waals surface area contributed by atoms with Gasteiger partial charge in [-0.25, -0.2) is 4.79 Å². The number of hydrogen-bond donors (Lipinski definition) is 2. The fourth-order valence-electron chi connectivity index (χ4n) is 2.69. The lowest BCUT2D eigenvalue weighted by molar-refractivity contribution is -0.119.